The van der Waals surface area contributed by atoms with Crippen LogP contribution in [0.25, 0.3) is 11.2 Å². The monoisotopic (exact) mass is 334 g/mol. The van der Waals surface area contributed by atoms with Crippen molar-refractivity contribution in [3.05, 3.63) is 34.5 Å². The van der Waals surface area contributed by atoms with Crippen molar-refractivity contribution in [3.63, 3.8) is 0 Å². The minimum Gasteiger partial charge on any atom is -0.496 e. The van der Waals surface area contributed by atoms with Crippen molar-refractivity contribution in [3.8, 4) is 5.75 Å². The van der Waals surface area contributed by atoms with E-state index < -0.39 is 0 Å². The van der Waals surface area contributed by atoms with Gasteiger partial charge in [-0.2, -0.15) is 9.97 Å². The molecule has 0 unspecified atom stereocenters. The van der Waals surface area contributed by atoms with Gasteiger partial charge in [0.25, 0.3) is 0 Å². The van der Waals surface area contributed by atoms with E-state index in [1.165, 1.54) is 0 Å². The van der Waals surface area contributed by atoms with Gasteiger partial charge in [0.1, 0.15) is 11.3 Å². The third-order valence-electron chi connectivity index (χ3n) is 3.51. The van der Waals surface area contributed by atoms with E-state index in [0.29, 0.717) is 17.7 Å². The fourth-order valence-electron chi connectivity index (χ4n) is 2.43. The van der Waals surface area contributed by atoms with Crippen LogP contribution >= 0.6 is 11.6 Å². The van der Waals surface area contributed by atoms with Gasteiger partial charge in [-0.15, -0.1) is 0 Å². The minimum absolute atomic E-state index is 0. The molecule has 122 valence electrons. The van der Waals surface area contributed by atoms with Gasteiger partial charge in [0.2, 0.25) is 5.95 Å². The Morgan fingerprint density at radius 2 is 2.00 bits per heavy atom. The number of halogens is 1. The number of anilines is 1. The molecule has 23 heavy (non-hydrogen) atoms. The van der Waals surface area contributed by atoms with Gasteiger partial charge in [0.05, 0.1) is 25.7 Å². The number of hydrogen-bond acceptors (Lipinski definition) is 6. The van der Waals surface area contributed by atoms with Gasteiger partial charge in [0.15, 0.2) is 10.8 Å². The number of aryl methyl sites for hydroxylation is 1. The lowest BCUT2D eigenvalue weighted by Gasteiger charge is -2.12. The number of fused-ring (bicyclic) bond motifs is 1. The van der Waals surface area contributed by atoms with Crippen LogP contribution in [0.5, 0.6) is 5.75 Å². The van der Waals surface area contributed by atoms with Crippen LogP contribution in [0.2, 0.25) is 5.15 Å². The molecule has 7 nitrogen and oxygen atoms in total. The molecule has 0 radical (unpaired) electrons. The van der Waals surface area contributed by atoms with E-state index in [1.54, 1.807) is 19.6 Å². The molecule has 8 heteroatoms. The Balaban J connectivity index is 0.00000192. The largest absolute Gasteiger partial charge is 0.496 e. The summed E-state index contributed by atoms with van der Waals surface area (Å²) in [4.78, 5) is 16.8. The summed E-state index contributed by atoms with van der Waals surface area (Å²) in [6.07, 6.45) is 3.44. The first-order chi connectivity index (χ1) is 10.5. The molecule has 3 aromatic heterocycles. The van der Waals surface area contributed by atoms with Crippen LogP contribution in [0.15, 0.2) is 12.5 Å². The lowest BCUT2D eigenvalue weighted by molar-refractivity contribution is 0.406. The molecule has 2 N–H and O–H groups in total. The second-order valence-electron chi connectivity index (χ2n) is 4.96. The second-order valence-corrected chi connectivity index (χ2v) is 5.32. The highest BCUT2D eigenvalue weighted by Crippen LogP contribution is 2.26. The number of methoxy groups -OCH3 is 1. The summed E-state index contributed by atoms with van der Waals surface area (Å²) in [7, 11) is 1.65. The zero-order valence-electron chi connectivity index (χ0n) is 12.5. The Morgan fingerprint density at radius 3 is 2.70 bits per heavy atom. The van der Waals surface area contributed by atoms with E-state index in [2.05, 4.69) is 19.9 Å². The number of pyridine rings is 1. The topological polar surface area (TPSA) is 91.7 Å². The molecule has 3 heterocycles. The van der Waals surface area contributed by atoms with Crippen LogP contribution in [0.4, 0.5) is 5.95 Å². The second kappa shape index (κ2) is 6.37. The Bertz CT molecular complexity index is 861. The average Bonchev–Trinajstić information content (AvgIpc) is 2.86. The first kappa shape index (κ1) is 17.0. The fraction of sp³-hybridized carbons (Fsp3) is 0.333. The number of nitrogens with two attached hydrogens (primary N) is 1. The van der Waals surface area contributed by atoms with Gasteiger partial charge in [0, 0.05) is 17.3 Å². The Labute approximate surface area is 139 Å². The summed E-state index contributed by atoms with van der Waals surface area (Å²) < 4.78 is 7.27. The predicted molar refractivity (Wildman–Crippen MR) is 90.8 cm³/mol. The van der Waals surface area contributed by atoms with Crippen LogP contribution in [-0.4, -0.2) is 31.6 Å². The highest BCUT2D eigenvalue weighted by Gasteiger charge is 2.14. The minimum atomic E-state index is 0. The molecule has 0 aliphatic heterocycles. The molecule has 0 amide bonds. The summed E-state index contributed by atoms with van der Waals surface area (Å²) >= 11 is 6.04. The molecule has 0 aliphatic carbocycles. The standard InChI is InChI=1S/C14H15ClN6O.CH4/c1-7-4-17-9(8(2)11(7)22-3)5-21-6-18-10-12(15)19-14(16)20-13(10)21;/h4,6H,5H2,1-3H3,(H2,16,19,20);1H4. The number of rotatable bonds is 3. The average molecular weight is 335 g/mol. The van der Waals surface area contributed by atoms with Crippen molar-refractivity contribution < 1.29 is 4.74 Å². The number of aromatic nitrogens is 5. The summed E-state index contributed by atoms with van der Waals surface area (Å²) in [6, 6.07) is 0. The molecule has 0 aromatic carbocycles. The van der Waals surface area contributed by atoms with Crippen molar-refractivity contribution in [2.24, 2.45) is 0 Å². The zero-order chi connectivity index (χ0) is 15.9. The number of imidazole rings is 1. The molecular formula is C15H19ClN6O. The molecule has 3 aromatic rings. The Morgan fingerprint density at radius 1 is 1.26 bits per heavy atom. The van der Waals surface area contributed by atoms with E-state index in [1.807, 2.05) is 18.4 Å². The van der Waals surface area contributed by atoms with Gasteiger partial charge in [-0.1, -0.05) is 19.0 Å². The molecule has 0 atom stereocenters. The molecule has 3 rings (SSSR count). The van der Waals surface area contributed by atoms with Crippen molar-refractivity contribution >= 4 is 28.7 Å². The Kier molecular flexibility index (Phi) is 4.70. The van der Waals surface area contributed by atoms with Crippen molar-refractivity contribution in [1.82, 2.24) is 24.5 Å². The van der Waals surface area contributed by atoms with E-state index in [9.17, 15) is 0 Å². The van der Waals surface area contributed by atoms with Crippen LogP contribution in [-0.2, 0) is 6.54 Å². The predicted octanol–water partition coefficient (Wildman–Crippen LogP) is 2.77. The fourth-order valence-corrected chi connectivity index (χ4v) is 2.65. The van der Waals surface area contributed by atoms with Gasteiger partial charge in [-0.05, 0) is 13.8 Å². The Hall–Kier alpha value is -2.41. The lowest BCUT2D eigenvalue weighted by Crippen LogP contribution is -2.07. The third kappa shape index (κ3) is 2.92. The normalized spacial score (nSPS) is 10.6. The molecule has 0 spiro atoms. The number of hydrogen-bond donors (Lipinski definition) is 1. The SMILES string of the molecule is C.COc1c(C)cnc(Cn2cnc3c(Cl)nc(N)nc32)c1C. The van der Waals surface area contributed by atoms with E-state index >= 15 is 0 Å². The summed E-state index contributed by atoms with van der Waals surface area (Å²) in [5, 5.41) is 0.243. The first-order valence-electron chi connectivity index (χ1n) is 6.64. The molecule has 0 aliphatic rings. The maximum absolute atomic E-state index is 6.04. The molecule has 0 bridgehead atoms. The lowest BCUT2D eigenvalue weighted by atomic mass is 10.1. The van der Waals surface area contributed by atoms with Gasteiger partial charge >= 0.3 is 0 Å². The van der Waals surface area contributed by atoms with Crippen LogP contribution < -0.4 is 10.5 Å². The molecular weight excluding hydrogens is 316 g/mol. The highest BCUT2D eigenvalue weighted by atomic mass is 35.5. The molecule has 0 fully saturated rings. The van der Waals surface area contributed by atoms with E-state index in [0.717, 1.165) is 22.6 Å². The smallest absolute Gasteiger partial charge is 0.223 e. The molecule has 0 saturated heterocycles. The summed E-state index contributed by atoms with van der Waals surface area (Å²) in [6.45, 7) is 4.43. The van der Waals surface area contributed by atoms with E-state index in [4.69, 9.17) is 22.1 Å². The maximum Gasteiger partial charge on any atom is 0.223 e. The van der Waals surface area contributed by atoms with Crippen molar-refractivity contribution in [2.45, 2.75) is 27.8 Å². The zero-order valence-corrected chi connectivity index (χ0v) is 13.2. The van der Waals surface area contributed by atoms with Crippen LogP contribution in [0.3, 0.4) is 0 Å². The van der Waals surface area contributed by atoms with Gasteiger partial charge < -0.3 is 15.0 Å². The van der Waals surface area contributed by atoms with Gasteiger partial charge in [-0.3, -0.25) is 4.98 Å². The van der Waals surface area contributed by atoms with Crippen molar-refractivity contribution in [1.29, 1.82) is 0 Å². The van der Waals surface area contributed by atoms with Gasteiger partial charge in [-0.25, -0.2) is 4.98 Å². The third-order valence-corrected chi connectivity index (χ3v) is 3.77. The van der Waals surface area contributed by atoms with Crippen LogP contribution in [0.1, 0.15) is 24.2 Å². The number of nitrogen functional groups attached to an aromatic ring is 1. The van der Waals surface area contributed by atoms with Crippen LogP contribution in [0, 0.1) is 13.8 Å². The maximum atomic E-state index is 6.04. The van der Waals surface area contributed by atoms with E-state index in [-0.39, 0.29) is 18.5 Å². The quantitative estimate of drug-likeness (QED) is 0.740. The molecule has 0 saturated carbocycles. The van der Waals surface area contributed by atoms with Crippen molar-refractivity contribution in [2.75, 3.05) is 12.8 Å². The number of nitrogens with zero attached hydrogens (tertiary/aromatic N) is 5. The summed E-state index contributed by atoms with van der Waals surface area (Å²) in [5.74, 6) is 0.951. The summed E-state index contributed by atoms with van der Waals surface area (Å²) in [5.41, 5.74) is 9.61. The first-order valence-corrected chi connectivity index (χ1v) is 7.02. The highest BCUT2D eigenvalue weighted by molar-refractivity contribution is 6.33. The number of ether oxygens (including phenoxy) is 1.